The van der Waals surface area contributed by atoms with Gasteiger partial charge in [0, 0.05) is 25.4 Å². The molecule has 36 heavy (non-hydrogen) atoms. The highest BCUT2D eigenvalue weighted by atomic mass is 32.2. The molecule has 0 saturated carbocycles. The average molecular weight is 510 g/mol. The maximum Gasteiger partial charge on any atom is 0.255 e. The number of aromatic nitrogens is 1. The monoisotopic (exact) mass is 509 g/mol. The quantitative estimate of drug-likeness (QED) is 0.505. The number of rotatable bonds is 7. The first-order valence-corrected chi connectivity index (χ1v) is 13.3. The number of fused-ring (bicyclic) bond motifs is 1. The molecule has 190 valence electrons. The van der Waals surface area contributed by atoms with Crippen molar-refractivity contribution in [1.29, 1.82) is 0 Å². The zero-order chi connectivity index (χ0) is 26.1. The molecule has 0 spiro atoms. The van der Waals surface area contributed by atoms with E-state index in [4.69, 9.17) is 4.74 Å². The second-order valence-corrected chi connectivity index (χ2v) is 11.2. The highest BCUT2D eigenvalue weighted by molar-refractivity contribution is 7.89. The fourth-order valence-corrected chi connectivity index (χ4v) is 5.41. The summed E-state index contributed by atoms with van der Waals surface area (Å²) >= 11 is 0. The summed E-state index contributed by atoms with van der Waals surface area (Å²) in [5, 5.41) is 11.1. The summed E-state index contributed by atoms with van der Waals surface area (Å²) < 4.78 is 35.0. The van der Waals surface area contributed by atoms with Crippen molar-refractivity contribution in [1.82, 2.24) is 14.6 Å². The lowest BCUT2D eigenvalue weighted by molar-refractivity contribution is -0.0632. The summed E-state index contributed by atoms with van der Waals surface area (Å²) in [5.74, 6) is -0.119. The zero-order valence-corrected chi connectivity index (χ0v) is 21.6. The number of nitrogens with one attached hydrogen (secondary N) is 1. The summed E-state index contributed by atoms with van der Waals surface area (Å²) in [5.41, 5.74) is 1.43. The molecule has 0 saturated heterocycles. The number of ether oxygens (including phenoxy) is 1. The molecule has 9 heteroatoms. The van der Waals surface area contributed by atoms with Gasteiger partial charge in [-0.05, 0) is 49.6 Å². The van der Waals surface area contributed by atoms with Gasteiger partial charge in [0.15, 0.2) is 0 Å². The van der Waals surface area contributed by atoms with E-state index in [1.54, 1.807) is 37.9 Å². The van der Waals surface area contributed by atoms with Gasteiger partial charge in [-0.15, -0.1) is 0 Å². The van der Waals surface area contributed by atoms with Crippen molar-refractivity contribution in [2.75, 3.05) is 7.05 Å². The molecular formula is C27H31N3O5S. The van der Waals surface area contributed by atoms with Crippen LogP contribution < -0.4 is 9.46 Å². The van der Waals surface area contributed by atoms with Crippen molar-refractivity contribution in [2.45, 2.75) is 56.4 Å². The van der Waals surface area contributed by atoms with E-state index in [9.17, 15) is 18.3 Å². The number of pyridine rings is 1. The summed E-state index contributed by atoms with van der Waals surface area (Å²) in [6.07, 6.45) is 0.963. The van der Waals surface area contributed by atoms with Crippen LogP contribution in [0.5, 0.6) is 5.88 Å². The van der Waals surface area contributed by atoms with Crippen LogP contribution in [-0.2, 0) is 23.0 Å². The van der Waals surface area contributed by atoms with Gasteiger partial charge < -0.3 is 14.7 Å². The van der Waals surface area contributed by atoms with Crippen LogP contribution in [0.4, 0.5) is 0 Å². The lowest BCUT2D eigenvalue weighted by Gasteiger charge is -2.41. The lowest BCUT2D eigenvalue weighted by Crippen LogP contribution is -2.53. The van der Waals surface area contributed by atoms with E-state index in [0.717, 1.165) is 17.5 Å². The van der Waals surface area contributed by atoms with Crippen molar-refractivity contribution < 1.29 is 23.1 Å². The molecule has 2 aromatic carbocycles. The molecule has 0 radical (unpaired) electrons. The van der Waals surface area contributed by atoms with E-state index in [0.29, 0.717) is 12.1 Å². The van der Waals surface area contributed by atoms with Crippen LogP contribution in [0, 0.1) is 0 Å². The topological polar surface area (TPSA) is 109 Å². The second-order valence-electron chi connectivity index (χ2n) is 9.51. The van der Waals surface area contributed by atoms with Gasteiger partial charge >= 0.3 is 0 Å². The summed E-state index contributed by atoms with van der Waals surface area (Å²) in [6, 6.07) is 16.6. The Balaban J connectivity index is 1.66. The predicted molar refractivity (Wildman–Crippen MR) is 136 cm³/mol. The Morgan fingerprint density at radius 1 is 1.11 bits per heavy atom. The Morgan fingerprint density at radius 3 is 2.42 bits per heavy atom. The number of aryl methyl sites for hydroxylation is 1. The Kier molecular flexibility index (Phi) is 7.17. The number of amides is 1. The number of hydrogen-bond donors (Lipinski definition) is 2. The average Bonchev–Trinajstić information content (AvgIpc) is 2.86. The first-order valence-electron chi connectivity index (χ1n) is 11.8. The minimum Gasteiger partial charge on any atom is -0.469 e. The third-order valence-electron chi connectivity index (χ3n) is 6.38. The smallest absolute Gasteiger partial charge is 0.255 e. The molecule has 1 aliphatic heterocycles. The van der Waals surface area contributed by atoms with Gasteiger partial charge in [0.05, 0.1) is 16.5 Å². The maximum atomic E-state index is 13.2. The Labute approximate surface area is 212 Å². The first-order chi connectivity index (χ1) is 17.0. The molecule has 3 aromatic rings. The van der Waals surface area contributed by atoms with Crippen LogP contribution in [0.1, 0.15) is 53.9 Å². The van der Waals surface area contributed by atoms with Gasteiger partial charge in [0.1, 0.15) is 11.7 Å². The zero-order valence-electron chi connectivity index (χ0n) is 20.8. The summed E-state index contributed by atoms with van der Waals surface area (Å²) in [6.45, 7) is 5.70. The van der Waals surface area contributed by atoms with E-state index < -0.39 is 27.8 Å². The Hall–Kier alpha value is -3.27. The van der Waals surface area contributed by atoms with Crippen LogP contribution in [0.15, 0.2) is 71.8 Å². The van der Waals surface area contributed by atoms with Gasteiger partial charge in [-0.25, -0.2) is 18.1 Å². The van der Waals surface area contributed by atoms with Gasteiger partial charge in [-0.1, -0.05) is 49.4 Å². The van der Waals surface area contributed by atoms with Crippen molar-refractivity contribution in [2.24, 2.45) is 0 Å². The van der Waals surface area contributed by atoms with Gasteiger partial charge in [-0.2, -0.15) is 0 Å². The van der Waals surface area contributed by atoms with E-state index in [-0.39, 0.29) is 22.2 Å². The fourth-order valence-electron chi connectivity index (χ4n) is 4.19. The summed E-state index contributed by atoms with van der Waals surface area (Å²) in [4.78, 5) is 19.1. The molecule has 1 aliphatic rings. The van der Waals surface area contributed by atoms with Crippen LogP contribution in [-0.4, -0.2) is 48.1 Å². The van der Waals surface area contributed by atoms with Crippen LogP contribution >= 0.6 is 0 Å². The second kappa shape index (κ2) is 10.0. The number of carbonyl (C=O) groups is 1. The molecule has 2 atom stereocenters. The van der Waals surface area contributed by atoms with Crippen LogP contribution in [0.2, 0.25) is 0 Å². The third kappa shape index (κ3) is 5.28. The van der Waals surface area contributed by atoms with E-state index in [1.807, 2.05) is 37.3 Å². The number of sulfonamides is 1. The third-order valence-corrected chi connectivity index (χ3v) is 7.84. The summed E-state index contributed by atoms with van der Waals surface area (Å²) in [7, 11) is -2.31. The number of carbonyl (C=O) groups excluding carboxylic acids is 1. The number of aliphatic hydroxyl groups is 1. The lowest BCUT2D eigenvalue weighted by atomic mass is 9.88. The largest absolute Gasteiger partial charge is 0.469 e. The molecule has 4 rings (SSSR count). The molecule has 2 heterocycles. The number of aliphatic hydroxyl groups excluding tert-OH is 1. The standard InChI is InChI=1S/C27H31N3O5S/c1-5-18-11-13-21(14-12-18)36(33,34)29-23-22-15-20(16-28-25(22)35-27(2,3)24(23)31)26(32)30(4)17-19-9-7-6-8-10-19/h6-16,23-24,29,31H,5,17H2,1-4H3/t23-,24+/m1/s1. The molecule has 1 aromatic heterocycles. The molecule has 1 amide bonds. The van der Waals surface area contributed by atoms with Crippen LogP contribution in [0.25, 0.3) is 0 Å². The van der Waals surface area contributed by atoms with Crippen molar-refractivity contribution in [3.63, 3.8) is 0 Å². The Bertz CT molecular complexity index is 1340. The predicted octanol–water partition coefficient (Wildman–Crippen LogP) is 3.47. The molecule has 0 bridgehead atoms. The maximum absolute atomic E-state index is 13.2. The molecule has 2 N–H and O–H groups in total. The minimum absolute atomic E-state index is 0.0838. The fraction of sp³-hybridized carbons (Fsp3) is 0.333. The number of benzene rings is 2. The van der Waals surface area contributed by atoms with E-state index in [2.05, 4.69) is 9.71 Å². The first kappa shape index (κ1) is 25.8. The van der Waals surface area contributed by atoms with E-state index in [1.165, 1.54) is 24.4 Å². The highest BCUT2D eigenvalue weighted by Crippen LogP contribution is 2.39. The molecule has 8 nitrogen and oxygen atoms in total. The van der Waals surface area contributed by atoms with E-state index >= 15 is 0 Å². The normalized spacial score (nSPS) is 18.7. The molecule has 0 fully saturated rings. The van der Waals surface area contributed by atoms with Gasteiger partial charge in [-0.3, -0.25) is 4.79 Å². The number of nitrogens with zero attached hydrogens (tertiary/aromatic N) is 2. The SMILES string of the molecule is CCc1ccc(S(=O)(=O)N[C@@H]2c3cc(C(=O)N(C)Cc4ccccc4)cnc3OC(C)(C)[C@H]2O)cc1. The molecule has 0 aliphatic carbocycles. The van der Waals surface area contributed by atoms with Gasteiger partial charge in [0.2, 0.25) is 15.9 Å². The number of hydrogen-bond acceptors (Lipinski definition) is 6. The minimum atomic E-state index is -3.99. The van der Waals surface area contributed by atoms with Crippen molar-refractivity contribution >= 4 is 15.9 Å². The van der Waals surface area contributed by atoms with Crippen LogP contribution in [0.3, 0.4) is 0 Å². The molecular weight excluding hydrogens is 478 g/mol. The van der Waals surface area contributed by atoms with Gasteiger partial charge in [0.25, 0.3) is 5.91 Å². The molecule has 0 unspecified atom stereocenters. The highest BCUT2D eigenvalue weighted by Gasteiger charge is 2.45. The van der Waals surface area contributed by atoms with Crippen molar-refractivity contribution in [3.8, 4) is 5.88 Å². The van der Waals surface area contributed by atoms with Crippen molar-refractivity contribution in [3.05, 3.63) is 89.1 Å². The Morgan fingerprint density at radius 2 is 1.78 bits per heavy atom.